The van der Waals surface area contributed by atoms with Crippen LogP contribution in [0.4, 0.5) is 0 Å². The summed E-state index contributed by atoms with van der Waals surface area (Å²) in [4.78, 5) is 11.7. The van der Waals surface area contributed by atoms with Crippen molar-refractivity contribution in [2.24, 2.45) is 5.92 Å². The van der Waals surface area contributed by atoms with Crippen LogP contribution in [0.1, 0.15) is 27.2 Å². The van der Waals surface area contributed by atoms with E-state index in [0.29, 0.717) is 12.0 Å². The van der Waals surface area contributed by atoms with Crippen molar-refractivity contribution in [2.45, 2.75) is 45.4 Å². The SMILES string of the molecule is COC(C)C(=O)NC1C(C)CCNC1C. The third kappa shape index (κ3) is 3.18. The number of carbonyl (C=O) groups excluding carboxylic acids is 1. The van der Waals surface area contributed by atoms with Gasteiger partial charge in [0, 0.05) is 19.2 Å². The Hall–Kier alpha value is -0.610. The number of methoxy groups -OCH3 is 1. The zero-order valence-electron chi connectivity index (χ0n) is 10.0. The van der Waals surface area contributed by atoms with E-state index in [0.717, 1.165) is 13.0 Å². The standard InChI is InChI=1S/C11H22N2O2/c1-7-5-6-12-8(2)10(7)13-11(14)9(3)15-4/h7-10,12H,5-6H2,1-4H3,(H,13,14). The molecule has 0 aromatic rings. The monoisotopic (exact) mass is 214 g/mol. The molecule has 1 aliphatic heterocycles. The average Bonchev–Trinajstić information content (AvgIpc) is 2.22. The van der Waals surface area contributed by atoms with E-state index in [1.807, 2.05) is 0 Å². The molecule has 1 amide bonds. The van der Waals surface area contributed by atoms with Gasteiger partial charge in [-0.3, -0.25) is 4.79 Å². The van der Waals surface area contributed by atoms with Crippen LogP contribution in [0, 0.1) is 5.92 Å². The first-order chi connectivity index (χ1) is 7.06. The van der Waals surface area contributed by atoms with Crippen molar-refractivity contribution in [3.05, 3.63) is 0 Å². The highest BCUT2D eigenvalue weighted by Crippen LogP contribution is 2.16. The summed E-state index contributed by atoms with van der Waals surface area (Å²) in [7, 11) is 1.55. The molecule has 15 heavy (non-hydrogen) atoms. The van der Waals surface area contributed by atoms with Crippen LogP contribution in [-0.4, -0.2) is 37.7 Å². The van der Waals surface area contributed by atoms with Gasteiger partial charge in [0.2, 0.25) is 5.91 Å². The second-order valence-electron chi connectivity index (χ2n) is 4.42. The Labute approximate surface area is 91.8 Å². The van der Waals surface area contributed by atoms with Gasteiger partial charge in [0.25, 0.3) is 0 Å². The number of rotatable bonds is 3. The highest BCUT2D eigenvalue weighted by atomic mass is 16.5. The number of carbonyl (C=O) groups is 1. The minimum absolute atomic E-state index is 0.0232. The topological polar surface area (TPSA) is 50.4 Å². The van der Waals surface area contributed by atoms with Crippen LogP contribution >= 0.6 is 0 Å². The molecule has 1 heterocycles. The first kappa shape index (κ1) is 12.5. The Bertz CT molecular complexity index is 211. The number of hydrogen-bond acceptors (Lipinski definition) is 3. The maximum Gasteiger partial charge on any atom is 0.249 e. The minimum atomic E-state index is -0.369. The summed E-state index contributed by atoms with van der Waals surface area (Å²) in [5.74, 6) is 0.499. The molecule has 4 nitrogen and oxygen atoms in total. The van der Waals surface area contributed by atoms with E-state index in [-0.39, 0.29) is 18.1 Å². The molecule has 4 heteroatoms. The Morgan fingerprint density at radius 3 is 2.73 bits per heavy atom. The van der Waals surface area contributed by atoms with Crippen LogP contribution in [-0.2, 0) is 9.53 Å². The summed E-state index contributed by atoms with van der Waals surface area (Å²) in [5, 5.41) is 6.41. The molecule has 4 atom stereocenters. The van der Waals surface area contributed by atoms with Gasteiger partial charge in [0.15, 0.2) is 0 Å². The molecule has 1 rings (SSSR count). The maximum absolute atomic E-state index is 11.7. The zero-order valence-corrected chi connectivity index (χ0v) is 10.0. The molecule has 1 saturated heterocycles. The highest BCUT2D eigenvalue weighted by molar-refractivity contribution is 5.80. The van der Waals surface area contributed by atoms with Gasteiger partial charge in [-0.25, -0.2) is 0 Å². The van der Waals surface area contributed by atoms with E-state index in [1.165, 1.54) is 0 Å². The summed E-state index contributed by atoms with van der Waals surface area (Å²) >= 11 is 0. The Morgan fingerprint density at radius 1 is 1.53 bits per heavy atom. The van der Waals surface area contributed by atoms with Crippen molar-refractivity contribution in [3.63, 3.8) is 0 Å². The molecule has 1 aliphatic rings. The second-order valence-corrected chi connectivity index (χ2v) is 4.42. The maximum atomic E-state index is 11.7. The van der Waals surface area contributed by atoms with E-state index in [2.05, 4.69) is 24.5 Å². The van der Waals surface area contributed by atoms with E-state index < -0.39 is 0 Å². The van der Waals surface area contributed by atoms with Crippen LogP contribution in [0.5, 0.6) is 0 Å². The summed E-state index contributed by atoms with van der Waals surface area (Å²) in [5.41, 5.74) is 0. The van der Waals surface area contributed by atoms with Crippen molar-refractivity contribution >= 4 is 5.91 Å². The molecule has 1 fully saturated rings. The fourth-order valence-electron chi connectivity index (χ4n) is 1.99. The fourth-order valence-corrected chi connectivity index (χ4v) is 1.99. The third-order valence-corrected chi connectivity index (χ3v) is 3.25. The van der Waals surface area contributed by atoms with Gasteiger partial charge in [0.05, 0.1) is 0 Å². The van der Waals surface area contributed by atoms with E-state index >= 15 is 0 Å². The molecule has 0 aromatic carbocycles. The van der Waals surface area contributed by atoms with Crippen LogP contribution in [0.15, 0.2) is 0 Å². The van der Waals surface area contributed by atoms with Crippen molar-refractivity contribution in [3.8, 4) is 0 Å². The highest BCUT2D eigenvalue weighted by Gasteiger charge is 2.29. The first-order valence-corrected chi connectivity index (χ1v) is 5.62. The fraction of sp³-hybridized carbons (Fsp3) is 0.909. The molecule has 0 radical (unpaired) electrons. The van der Waals surface area contributed by atoms with Crippen molar-refractivity contribution in [2.75, 3.05) is 13.7 Å². The van der Waals surface area contributed by atoms with Gasteiger partial charge in [-0.05, 0) is 32.7 Å². The summed E-state index contributed by atoms with van der Waals surface area (Å²) in [6, 6.07) is 0.547. The Balaban J connectivity index is 2.51. The normalized spacial score (nSPS) is 33.5. The first-order valence-electron chi connectivity index (χ1n) is 5.62. The molecule has 0 saturated carbocycles. The largest absolute Gasteiger partial charge is 0.372 e. The van der Waals surface area contributed by atoms with E-state index in [9.17, 15) is 4.79 Å². The van der Waals surface area contributed by atoms with Crippen molar-refractivity contribution in [1.82, 2.24) is 10.6 Å². The van der Waals surface area contributed by atoms with Gasteiger partial charge in [-0.2, -0.15) is 0 Å². The smallest absolute Gasteiger partial charge is 0.249 e. The van der Waals surface area contributed by atoms with Gasteiger partial charge in [0.1, 0.15) is 6.10 Å². The zero-order chi connectivity index (χ0) is 11.4. The lowest BCUT2D eigenvalue weighted by Gasteiger charge is -2.36. The predicted octanol–water partition coefficient (Wildman–Crippen LogP) is 0.524. The molecular formula is C11H22N2O2. The summed E-state index contributed by atoms with van der Waals surface area (Å²) in [6.45, 7) is 7.09. The number of hydrogen-bond donors (Lipinski definition) is 2. The number of nitrogens with one attached hydrogen (secondary N) is 2. The molecular weight excluding hydrogens is 192 g/mol. The lowest BCUT2D eigenvalue weighted by atomic mass is 9.89. The van der Waals surface area contributed by atoms with Gasteiger partial charge < -0.3 is 15.4 Å². The number of ether oxygens (including phenoxy) is 1. The summed E-state index contributed by atoms with van der Waals surface area (Å²) in [6.07, 6.45) is 0.739. The number of amides is 1. The lowest BCUT2D eigenvalue weighted by Crippen LogP contribution is -2.57. The number of piperidine rings is 1. The van der Waals surface area contributed by atoms with E-state index in [1.54, 1.807) is 14.0 Å². The van der Waals surface area contributed by atoms with Crippen LogP contribution < -0.4 is 10.6 Å². The summed E-state index contributed by atoms with van der Waals surface area (Å²) < 4.78 is 4.99. The second kappa shape index (κ2) is 5.47. The third-order valence-electron chi connectivity index (χ3n) is 3.25. The molecule has 0 aliphatic carbocycles. The van der Waals surface area contributed by atoms with Crippen LogP contribution in [0.25, 0.3) is 0 Å². The molecule has 88 valence electrons. The average molecular weight is 214 g/mol. The minimum Gasteiger partial charge on any atom is -0.372 e. The van der Waals surface area contributed by atoms with Gasteiger partial charge >= 0.3 is 0 Å². The van der Waals surface area contributed by atoms with Crippen molar-refractivity contribution < 1.29 is 9.53 Å². The lowest BCUT2D eigenvalue weighted by molar-refractivity contribution is -0.131. The quantitative estimate of drug-likeness (QED) is 0.720. The van der Waals surface area contributed by atoms with E-state index in [4.69, 9.17) is 4.74 Å². The van der Waals surface area contributed by atoms with Gasteiger partial charge in [-0.1, -0.05) is 6.92 Å². The van der Waals surface area contributed by atoms with Crippen LogP contribution in [0.2, 0.25) is 0 Å². The Kier molecular flexibility index (Phi) is 4.54. The molecule has 0 bridgehead atoms. The predicted molar refractivity (Wildman–Crippen MR) is 59.6 cm³/mol. The van der Waals surface area contributed by atoms with Gasteiger partial charge in [-0.15, -0.1) is 0 Å². The molecule has 4 unspecified atom stereocenters. The van der Waals surface area contributed by atoms with Crippen molar-refractivity contribution in [1.29, 1.82) is 0 Å². The molecule has 0 aromatic heterocycles. The molecule has 2 N–H and O–H groups in total. The Morgan fingerprint density at radius 2 is 2.20 bits per heavy atom. The van der Waals surface area contributed by atoms with Crippen LogP contribution in [0.3, 0.4) is 0 Å². The molecule has 0 spiro atoms.